The van der Waals surface area contributed by atoms with Gasteiger partial charge in [0.2, 0.25) is 0 Å². The van der Waals surface area contributed by atoms with Crippen LogP contribution in [0.4, 0.5) is 0 Å². The summed E-state index contributed by atoms with van der Waals surface area (Å²) in [6.45, 7) is 6.17. The molecular weight excluding hydrogens is 216 g/mol. The van der Waals surface area contributed by atoms with Crippen LogP contribution in [0.2, 0.25) is 0 Å². The normalized spacial score (nSPS) is 20.4. The van der Waals surface area contributed by atoms with E-state index in [9.17, 15) is 9.90 Å². The number of nitrogens with one attached hydrogen (secondary N) is 1. The Morgan fingerprint density at radius 1 is 1.53 bits per heavy atom. The summed E-state index contributed by atoms with van der Waals surface area (Å²) >= 11 is 0. The maximum absolute atomic E-state index is 12.4. The molecule has 1 aliphatic rings. The van der Waals surface area contributed by atoms with Gasteiger partial charge in [-0.15, -0.1) is 0 Å². The molecule has 0 aromatic heterocycles. The number of hydrogen-bond donors (Lipinski definition) is 2. The highest BCUT2D eigenvalue weighted by Gasteiger charge is 2.25. The topological polar surface area (TPSA) is 52.6 Å². The second-order valence-corrected chi connectivity index (χ2v) is 4.50. The fourth-order valence-electron chi connectivity index (χ4n) is 2.15. The first-order valence-electron chi connectivity index (χ1n) is 5.91. The van der Waals surface area contributed by atoms with Crippen molar-refractivity contribution in [2.45, 2.75) is 19.9 Å². The Morgan fingerprint density at radius 2 is 2.29 bits per heavy atom. The van der Waals surface area contributed by atoms with Crippen LogP contribution in [-0.4, -0.2) is 41.6 Å². The second-order valence-electron chi connectivity index (χ2n) is 4.50. The molecule has 0 aliphatic carbocycles. The number of nitrogens with zero attached hydrogens (tertiary/aromatic N) is 1. The highest BCUT2D eigenvalue weighted by Crippen LogP contribution is 2.21. The first-order valence-corrected chi connectivity index (χ1v) is 5.91. The van der Waals surface area contributed by atoms with Crippen LogP contribution in [0.15, 0.2) is 18.2 Å². The summed E-state index contributed by atoms with van der Waals surface area (Å²) in [5.41, 5.74) is 1.25. The van der Waals surface area contributed by atoms with Crippen molar-refractivity contribution >= 4 is 5.91 Å². The zero-order chi connectivity index (χ0) is 12.4. The molecule has 1 aliphatic heterocycles. The maximum atomic E-state index is 12.4. The van der Waals surface area contributed by atoms with Crippen LogP contribution in [-0.2, 0) is 0 Å². The van der Waals surface area contributed by atoms with Gasteiger partial charge in [0, 0.05) is 36.8 Å². The van der Waals surface area contributed by atoms with E-state index in [2.05, 4.69) is 5.32 Å². The van der Waals surface area contributed by atoms with Gasteiger partial charge in [-0.25, -0.2) is 0 Å². The number of hydrogen-bond acceptors (Lipinski definition) is 3. The Bertz CT molecular complexity index is 431. The van der Waals surface area contributed by atoms with E-state index in [0.29, 0.717) is 11.1 Å². The van der Waals surface area contributed by atoms with Gasteiger partial charge in [0.1, 0.15) is 5.75 Å². The molecule has 2 N–H and O–H groups in total. The molecule has 1 unspecified atom stereocenters. The summed E-state index contributed by atoms with van der Waals surface area (Å²) in [6, 6.07) is 5.28. The van der Waals surface area contributed by atoms with E-state index >= 15 is 0 Å². The Balaban J connectivity index is 2.27. The molecule has 2 rings (SSSR count). The molecule has 0 saturated carbocycles. The van der Waals surface area contributed by atoms with E-state index in [4.69, 9.17) is 0 Å². The molecule has 0 radical (unpaired) electrons. The van der Waals surface area contributed by atoms with Gasteiger partial charge in [-0.1, -0.05) is 6.07 Å². The zero-order valence-corrected chi connectivity index (χ0v) is 10.2. The zero-order valence-electron chi connectivity index (χ0n) is 10.2. The van der Waals surface area contributed by atoms with Crippen molar-refractivity contribution in [3.8, 4) is 5.75 Å². The van der Waals surface area contributed by atoms with Crippen LogP contribution in [0.1, 0.15) is 22.8 Å². The molecule has 4 nitrogen and oxygen atoms in total. The van der Waals surface area contributed by atoms with Crippen LogP contribution < -0.4 is 5.32 Å². The number of phenolic OH excluding ortho intramolecular Hbond substituents is 1. The Kier molecular flexibility index (Phi) is 3.33. The molecule has 92 valence electrons. The summed E-state index contributed by atoms with van der Waals surface area (Å²) < 4.78 is 0. The van der Waals surface area contributed by atoms with Crippen LogP contribution in [0.3, 0.4) is 0 Å². The van der Waals surface area contributed by atoms with Gasteiger partial charge in [-0.3, -0.25) is 4.79 Å². The van der Waals surface area contributed by atoms with Crippen molar-refractivity contribution < 1.29 is 9.90 Å². The minimum atomic E-state index is 0.00685. The quantitative estimate of drug-likeness (QED) is 0.766. The van der Waals surface area contributed by atoms with Crippen molar-refractivity contribution in [2.24, 2.45) is 0 Å². The lowest BCUT2D eigenvalue weighted by Crippen LogP contribution is -2.52. The van der Waals surface area contributed by atoms with E-state index in [1.54, 1.807) is 25.1 Å². The third-order valence-corrected chi connectivity index (χ3v) is 3.30. The minimum Gasteiger partial charge on any atom is -0.508 e. The number of phenols is 1. The van der Waals surface area contributed by atoms with Gasteiger partial charge in [0.15, 0.2) is 0 Å². The fraction of sp³-hybridized carbons (Fsp3) is 0.462. The van der Waals surface area contributed by atoms with Gasteiger partial charge in [-0.05, 0) is 26.0 Å². The van der Waals surface area contributed by atoms with Crippen LogP contribution in [0.5, 0.6) is 5.75 Å². The molecule has 17 heavy (non-hydrogen) atoms. The standard InChI is InChI=1S/C13H18N2O2/c1-9-8-14-6-7-15(9)13(17)11-4-3-5-12(16)10(11)2/h3-5,9,14,16H,6-8H2,1-2H3. The minimum absolute atomic E-state index is 0.00685. The highest BCUT2D eigenvalue weighted by molar-refractivity contribution is 5.96. The lowest BCUT2D eigenvalue weighted by molar-refractivity contribution is 0.0654. The molecule has 1 aromatic carbocycles. The van der Waals surface area contributed by atoms with E-state index in [1.807, 2.05) is 11.8 Å². The van der Waals surface area contributed by atoms with E-state index in [0.717, 1.165) is 19.6 Å². The summed E-state index contributed by atoms with van der Waals surface area (Å²) in [5.74, 6) is 0.186. The van der Waals surface area contributed by atoms with Gasteiger partial charge in [-0.2, -0.15) is 0 Å². The molecule has 1 atom stereocenters. The number of rotatable bonds is 1. The first-order chi connectivity index (χ1) is 8.11. The lowest BCUT2D eigenvalue weighted by atomic mass is 10.0. The second kappa shape index (κ2) is 4.75. The number of benzene rings is 1. The van der Waals surface area contributed by atoms with Crippen molar-refractivity contribution in [3.63, 3.8) is 0 Å². The molecule has 1 fully saturated rings. The van der Waals surface area contributed by atoms with Crippen molar-refractivity contribution in [1.82, 2.24) is 10.2 Å². The van der Waals surface area contributed by atoms with Gasteiger partial charge >= 0.3 is 0 Å². The molecule has 1 saturated heterocycles. The van der Waals surface area contributed by atoms with Crippen LogP contribution in [0.25, 0.3) is 0 Å². The number of carbonyl (C=O) groups is 1. The van der Waals surface area contributed by atoms with Gasteiger partial charge in [0.05, 0.1) is 0 Å². The maximum Gasteiger partial charge on any atom is 0.254 e. The van der Waals surface area contributed by atoms with Crippen molar-refractivity contribution in [1.29, 1.82) is 0 Å². The number of amides is 1. The third kappa shape index (κ3) is 2.26. The highest BCUT2D eigenvalue weighted by atomic mass is 16.3. The van der Waals surface area contributed by atoms with Gasteiger partial charge < -0.3 is 15.3 Å². The third-order valence-electron chi connectivity index (χ3n) is 3.30. The molecule has 0 spiro atoms. The van der Waals surface area contributed by atoms with E-state index in [-0.39, 0.29) is 17.7 Å². The molecule has 0 bridgehead atoms. The lowest BCUT2D eigenvalue weighted by Gasteiger charge is -2.34. The first kappa shape index (κ1) is 11.9. The smallest absolute Gasteiger partial charge is 0.254 e. The summed E-state index contributed by atoms with van der Waals surface area (Å²) in [7, 11) is 0. The Morgan fingerprint density at radius 3 is 3.00 bits per heavy atom. The van der Waals surface area contributed by atoms with E-state index < -0.39 is 0 Å². The molecule has 1 heterocycles. The number of piperazine rings is 1. The SMILES string of the molecule is Cc1c(O)cccc1C(=O)N1CCNCC1C. The van der Waals surface area contributed by atoms with Gasteiger partial charge in [0.25, 0.3) is 5.91 Å². The predicted molar refractivity (Wildman–Crippen MR) is 66.2 cm³/mol. The Labute approximate surface area is 101 Å². The fourth-order valence-corrected chi connectivity index (χ4v) is 2.15. The molecule has 1 amide bonds. The van der Waals surface area contributed by atoms with Crippen molar-refractivity contribution in [2.75, 3.05) is 19.6 Å². The van der Waals surface area contributed by atoms with Crippen LogP contribution in [0, 0.1) is 6.92 Å². The summed E-state index contributed by atoms with van der Waals surface area (Å²) in [6.07, 6.45) is 0. The molecular formula is C13H18N2O2. The van der Waals surface area contributed by atoms with Crippen molar-refractivity contribution in [3.05, 3.63) is 29.3 Å². The number of carbonyl (C=O) groups excluding carboxylic acids is 1. The average Bonchev–Trinajstić information content (AvgIpc) is 2.32. The molecule has 4 heteroatoms. The predicted octanol–water partition coefficient (Wildman–Crippen LogP) is 1.13. The Hall–Kier alpha value is -1.55. The number of aromatic hydroxyl groups is 1. The monoisotopic (exact) mass is 234 g/mol. The summed E-state index contributed by atoms with van der Waals surface area (Å²) in [4.78, 5) is 14.2. The average molecular weight is 234 g/mol. The van der Waals surface area contributed by atoms with Crippen LogP contribution >= 0.6 is 0 Å². The molecule has 1 aromatic rings. The van der Waals surface area contributed by atoms with E-state index in [1.165, 1.54) is 0 Å². The largest absolute Gasteiger partial charge is 0.508 e. The summed E-state index contributed by atoms with van der Waals surface area (Å²) in [5, 5.41) is 12.9.